The van der Waals surface area contributed by atoms with E-state index in [1.165, 1.54) is 5.56 Å². The van der Waals surface area contributed by atoms with Crippen LogP contribution in [0, 0.1) is 0 Å². The van der Waals surface area contributed by atoms with E-state index < -0.39 is 0 Å². The standard InChI is InChI=1S/C22H29NO2/c1-6-17-10-12-18(13-11-17)25-14-21(24)23-22-19(15(2)3)8-7-9-20(22)16(4)5/h7-13,15-16H,6,14H2,1-5H3,(H,23,24). The molecule has 0 atom stereocenters. The van der Waals surface area contributed by atoms with Crippen LogP contribution >= 0.6 is 0 Å². The first-order valence-electron chi connectivity index (χ1n) is 9.06. The van der Waals surface area contributed by atoms with Crippen LogP contribution in [0.2, 0.25) is 0 Å². The van der Waals surface area contributed by atoms with Crippen LogP contribution in [0.3, 0.4) is 0 Å². The molecule has 2 aromatic carbocycles. The molecule has 0 unspecified atom stereocenters. The lowest BCUT2D eigenvalue weighted by molar-refractivity contribution is -0.118. The van der Waals surface area contributed by atoms with E-state index in [-0.39, 0.29) is 12.5 Å². The molecule has 134 valence electrons. The van der Waals surface area contributed by atoms with Gasteiger partial charge in [-0.15, -0.1) is 0 Å². The topological polar surface area (TPSA) is 38.3 Å². The van der Waals surface area contributed by atoms with Crippen LogP contribution in [0.15, 0.2) is 42.5 Å². The highest BCUT2D eigenvalue weighted by Gasteiger charge is 2.16. The lowest BCUT2D eigenvalue weighted by Gasteiger charge is -2.20. The number of hydrogen-bond donors (Lipinski definition) is 1. The molecule has 2 aromatic rings. The molecule has 0 spiro atoms. The Hall–Kier alpha value is -2.29. The third kappa shape index (κ3) is 5.09. The molecule has 1 N–H and O–H groups in total. The summed E-state index contributed by atoms with van der Waals surface area (Å²) in [6.07, 6.45) is 0.991. The molecule has 0 saturated carbocycles. The number of carbonyl (C=O) groups excluding carboxylic acids is 1. The SMILES string of the molecule is CCc1ccc(OCC(=O)Nc2c(C(C)C)cccc2C(C)C)cc1. The van der Waals surface area contributed by atoms with Crippen molar-refractivity contribution in [3.63, 3.8) is 0 Å². The first-order valence-corrected chi connectivity index (χ1v) is 9.06. The highest BCUT2D eigenvalue weighted by Crippen LogP contribution is 2.32. The Morgan fingerprint density at radius 3 is 2.00 bits per heavy atom. The number of amides is 1. The summed E-state index contributed by atoms with van der Waals surface area (Å²) in [4.78, 5) is 12.4. The van der Waals surface area contributed by atoms with Gasteiger partial charge < -0.3 is 10.1 Å². The highest BCUT2D eigenvalue weighted by atomic mass is 16.5. The summed E-state index contributed by atoms with van der Waals surface area (Å²) in [5.74, 6) is 1.27. The summed E-state index contributed by atoms with van der Waals surface area (Å²) >= 11 is 0. The fourth-order valence-corrected chi connectivity index (χ4v) is 2.84. The van der Waals surface area contributed by atoms with Gasteiger partial charge in [-0.2, -0.15) is 0 Å². The van der Waals surface area contributed by atoms with E-state index >= 15 is 0 Å². The first kappa shape index (κ1) is 19.0. The van der Waals surface area contributed by atoms with Crippen molar-refractivity contribution >= 4 is 11.6 Å². The summed E-state index contributed by atoms with van der Waals surface area (Å²) in [6.45, 7) is 10.7. The predicted octanol–water partition coefficient (Wildman–Crippen LogP) is 5.51. The third-order valence-electron chi connectivity index (χ3n) is 4.34. The Morgan fingerprint density at radius 2 is 1.52 bits per heavy atom. The van der Waals surface area contributed by atoms with Gasteiger partial charge in [0.1, 0.15) is 5.75 Å². The van der Waals surface area contributed by atoms with Gasteiger partial charge in [-0.1, -0.05) is 65.0 Å². The maximum atomic E-state index is 12.4. The van der Waals surface area contributed by atoms with Gasteiger partial charge in [-0.25, -0.2) is 0 Å². The van der Waals surface area contributed by atoms with Gasteiger partial charge in [-0.3, -0.25) is 4.79 Å². The van der Waals surface area contributed by atoms with Crippen molar-refractivity contribution in [3.05, 3.63) is 59.2 Å². The molecular formula is C22H29NO2. The second-order valence-corrected chi connectivity index (χ2v) is 6.96. The van der Waals surface area contributed by atoms with Crippen LogP contribution in [0.25, 0.3) is 0 Å². The Bertz CT molecular complexity index is 676. The fourth-order valence-electron chi connectivity index (χ4n) is 2.84. The van der Waals surface area contributed by atoms with Crippen LogP contribution < -0.4 is 10.1 Å². The zero-order chi connectivity index (χ0) is 18.4. The summed E-state index contributed by atoms with van der Waals surface area (Å²) in [6, 6.07) is 14.1. The number of ether oxygens (including phenoxy) is 1. The van der Waals surface area contributed by atoms with Crippen molar-refractivity contribution in [1.82, 2.24) is 0 Å². The smallest absolute Gasteiger partial charge is 0.262 e. The highest BCUT2D eigenvalue weighted by molar-refractivity contribution is 5.93. The second kappa shape index (κ2) is 8.70. The van der Waals surface area contributed by atoms with E-state index in [1.807, 2.05) is 24.3 Å². The maximum Gasteiger partial charge on any atom is 0.262 e. The van der Waals surface area contributed by atoms with E-state index in [0.29, 0.717) is 17.6 Å². The van der Waals surface area contributed by atoms with Gasteiger partial charge in [0.05, 0.1) is 0 Å². The number of rotatable bonds is 7. The molecule has 0 aliphatic heterocycles. The molecule has 0 bridgehead atoms. The predicted molar refractivity (Wildman–Crippen MR) is 105 cm³/mol. The Kier molecular flexibility index (Phi) is 6.63. The largest absolute Gasteiger partial charge is 0.484 e. The van der Waals surface area contributed by atoms with Crippen molar-refractivity contribution in [2.75, 3.05) is 11.9 Å². The Labute approximate surface area is 151 Å². The number of aryl methyl sites for hydroxylation is 1. The molecule has 0 fully saturated rings. The molecule has 0 aliphatic rings. The average molecular weight is 339 g/mol. The van der Waals surface area contributed by atoms with Crippen molar-refractivity contribution in [2.24, 2.45) is 0 Å². The second-order valence-electron chi connectivity index (χ2n) is 6.96. The first-order chi connectivity index (χ1) is 11.9. The van der Waals surface area contributed by atoms with E-state index in [0.717, 1.165) is 23.2 Å². The molecule has 25 heavy (non-hydrogen) atoms. The molecule has 1 amide bonds. The van der Waals surface area contributed by atoms with Gasteiger partial charge in [0, 0.05) is 5.69 Å². The fraction of sp³-hybridized carbons (Fsp3) is 0.409. The van der Waals surface area contributed by atoms with Gasteiger partial charge in [0.2, 0.25) is 0 Å². The molecule has 3 heteroatoms. The van der Waals surface area contributed by atoms with Crippen LogP contribution in [-0.4, -0.2) is 12.5 Å². The molecule has 3 nitrogen and oxygen atoms in total. The zero-order valence-electron chi connectivity index (χ0n) is 15.9. The van der Waals surface area contributed by atoms with Crippen LogP contribution in [0.1, 0.15) is 63.1 Å². The molecule has 0 heterocycles. The third-order valence-corrected chi connectivity index (χ3v) is 4.34. The monoisotopic (exact) mass is 339 g/mol. The number of hydrogen-bond acceptors (Lipinski definition) is 2. The van der Waals surface area contributed by atoms with E-state index in [2.05, 4.69) is 58.1 Å². The summed E-state index contributed by atoms with van der Waals surface area (Å²) in [5.41, 5.74) is 4.50. The van der Waals surface area contributed by atoms with E-state index in [1.54, 1.807) is 0 Å². The normalized spacial score (nSPS) is 11.0. The van der Waals surface area contributed by atoms with E-state index in [4.69, 9.17) is 4.74 Å². The van der Waals surface area contributed by atoms with Crippen LogP contribution in [0.4, 0.5) is 5.69 Å². The zero-order valence-corrected chi connectivity index (χ0v) is 15.9. The molecule has 0 aliphatic carbocycles. The molecule has 0 aromatic heterocycles. The minimum Gasteiger partial charge on any atom is -0.484 e. The van der Waals surface area contributed by atoms with Crippen molar-refractivity contribution < 1.29 is 9.53 Å². The van der Waals surface area contributed by atoms with Crippen LogP contribution in [-0.2, 0) is 11.2 Å². The van der Waals surface area contributed by atoms with Crippen molar-refractivity contribution in [2.45, 2.75) is 52.9 Å². The quantitative estimate of drug-likeness (QED) is 0.722. The minimum absolute atomic E-state index is 0.00936. The summed E-state index contributed by atoms with van der Waals surface area (Å²) in [5, 5.41) is 3.07. The number of anilines is 1. The molecule has 0 saturated heterocycles. The minimum atomic E-state index is -0.130. The molecular weight excluding hydrogens is 310 g/mol. The van der Waals surface area contributed by atoms with Crippen molar-refractivity contribution in [1.29, 1.82) is 0 Å². The average Bonchev–Trinajstić information content (AvgIpc) is 2.60. The Balaban J connectivity index is 2.08. The molecule has 0 radical (unpaired) electrons. The summed E-state index contributed by atoms with van der Waals surface area (Å²) < 4.78 is 5.63. The lowest BCUT2D eigenvalue weighted by atomic mass is 9.92. The van der Waals surface area contributed by atoms with Gasteiger partial charge in [0.25, 0.3) is 5.91 Å². The van der Waals surface area contributed by atoms with E-state index in [9.17, 15) is 4.79 Å². The number of nitrogens with one attached hydrogen (secondary N) is 1. The van der Waals surface area contributed by atoms with Crippen LogP contribution in [0.5, 0.6) is 5.75 Å². The number of para-hydroxylation sites is 1. The molecule has 2 rings (SSSR count). The Morgan fingerprint density at radius 1 is 0.960 bits per heavy atom. The van der Waals surface area contributed by atoms with Crippen molar-refractivity contribution in [3.8, 4) is 5.75 Å². The van der Waals surface area contributed by atoms with Gasteiger partial charge in [-0.05, 0) is 47.1 Å². The number of benzene rings is 2. The number of carbonyl (C=O) groups is 1. The summed E-state index contributed by atoms with van der Waals surface area (Å²) in [7, 11) is 0. The maximum absolute atomic E-state index is 12.4. The van der Waals surface area contributed by atoms with Gasteiger partial charge in [0.15, 0.2) is 6.61 Å². The van der Waals surface area contributed by atoms with Gasteiger partial charge >= 0.3 is 0 Å². The lowest BCUT2D eigenvalue weighted by Crippen LogP contribution is -2.22.